The zero-order chi connectivity index (χ0) is 17.3. The number of hydrogen-bond donors (Lipinski definition) is 0. The van der Waals surface area contributed by atoms with Crippen LogP contribution in [0.5, 0.6) is 11.5 Å². The van der Waals surface area contributed by atoms with Crippen LogP contribution in [-0.2, 0) is 0 Å². The van der Waals surface area contributed by atoms with E-state index in [9.17, 15) is 0 Å². The van der Waals surface area contributed by atoms with Crippen LogP contribution in [-0.4, -0.2) is 4.57 Å². The highest BCUT2D eigenvalue weighted by Gasteiger charge is 2.11. The van der Waals surface area contributed by atoms with Crippen molar-refractivity contribution in [2.75, 3.05) is 0 Å². The molecule has 1 heterocycles. The molecule has 0 spiro atoms. The van der Waals surface area contributed by atoms with Crippen LogP contribution in [0.1, 0.15) is 0 Å². The second-order valence-electron chi connectivity index (χ2n) is 6.28. The summed E-state index contributed by atoms with van der Waals surface area (Å²) in [7, 11) is 0. The van der Waals surface area contributed by atoms with E-state index in [1.54, 1.807) is 0 Å². The Morgan fingerprint density at radius 1 is 0.500 bits per heavy atom. The molecule has 0 saturated heterocycles. The molecule has 0 amide bonds. The average molecular weight is 335 g/mol. The van der Waals surface area contributed by atoms with Crippen LogP contribution in [0.4, 0.5) is 0 Å². The van der Waals surface area contributed by atoms with Crippen LogP contribution >= 0.6 is 0 Å². The summed E-state index contributed by atoms with van der Waals surface area (Å²) < 4.78 is 8.32. The van der Waals surface area contributed by atoms with E-state index in [1.807, 2.05) is 42.5 Å². The minimum atomic E-state index is 0.829. The summed E-state index contributed by atoms with van der Waals surface area (Å²) in [5.74, 6) is 1.67. The number of ether oxygens (including phenoxy) is 1. The summed E-state index contributed by atoms with van der Waals surface area (Å²) in [6.45, 7) is 0. The molecule has 0 fully saturated rings. The fraction of sp³-hybridized carbons (Fsp3) is 0. The van der Waals surface area contributed by atoms with Gasteiger partial charge in [0.05, 0.1) is 11.0 Å². The lowest BCUT2D eigenvalue weighted by atomic mass is 10.2. The third-order valence-electron chi connectivity index (χ3n) is 4.63. The van der Waals surface area contributed by atoms with Crippen molar-refractivity contribution >= 4 is 21.8 Å². The van der Waals surface area contributed by atoms with Gasteiger partial charge in [0.1, 0.15) is 11.5 Å². The average Bonchev–Trinajstić information content (AvgIpc) is 3.04. The van der Waals surface area contributed by atoms with E-state index in [1.165, 1.54) is 21.8 Å². The van der Waals surface area contributed by atoms with Crippen LogP contribution in [0.15, 0.2) is 103 Å². The van der Waals surface area contributed by atoms with Crippen molar-refractivity contribution in [1.29, 1.82) is 0 Å². The lowest BCUT2D eigenvalue weighted by Gasteiger charge is -2.11. The predicted molar refractivity (Wildman–Crippen MR) is 107 cm³/mol. The molecule has 0 saturated carbocycles. The standard InChI is InChI=1S/C24H17NO/c1-2-10-19(11-3-1)26-20-12-8-9-18(17-20)25-23-15-6-4-13-21(23)22-14-5-7-16-24(22)25/h1-17H. The number of fused-ring (bicyclic) bond motifs is 3. The van der Waals surface area contributed by atoms with E-state index >= 15 is 0 Å². The van der Waals surface area contributed by atoms with Gasteiger partial charge in [0.2, 0.25) is 0 Å². The zero-order valence-electron chi connectivity index (χ0n) is 14.2. The Bertz CT molecular complexity index is 1150. The van der Waals surface area contributed by atoms with Crippen molar-refractivity contribution < 1.29 is 4.74 Å². The molecule has 1 aromatic heterocycles. The Morgan fingerprint density at radius 2 is 1.08 bits per heavy atom. The van der Waals surface area contributed by atoms with Gasteiger partial charge in [0.15, 0.2) is 0 Å². The molecule has 4 aromatic carbocycles. The maximum atomic E-state index is 6.03. The Kier molecular flexibility index (Phi) is 3.46. The molecule has 2 heteroatoms. The number of rotatable bonds is 3. The van der Waals surface area contributed by atoms with Crippen molar-refractivity contribution in [3.05, 3.63) is 103 Å². The monoisotopic (exact) mass is 335 g/mol. The highest BCUT2D eigenvalue weighted by atomic mass is 16.5. The summed E-state index contributed by atoms with van der Waals surface area (Å²) in [5.41, 5.74) is 3.49. The minimum Gasteiger partial charge on any atom is -0.457 e. The Balaban J connectivity index is 1.69. The van der Waals surface area contributed by atoms with Gasteiger partial charge in [0, 0.05) is 22.5 Å². The van der Waals surface area contributed by atoms with E-state index in [0.29, 0.717) is 0 Å². The summed E-state index contributed by atoms with van der Waals surface area (Å²) in [6.07, 6.45) is 0. The van der Waals surface area contributed by atoms with Crippen molar-refractivity contribution in [2.24, 2.45) is 0 Å². The molecule has 0 aliphatic rings. The van der Waals surface area contributed by atoms with E-state index < -0.39 is 0 Å². The molecule has 2 nitrogen and oxygen atoms in total. The quantitative estimate of drug-likeness (QED) is 0.363. The van der Waals surface area contributed by atoms with Gasteiger partial charge in [-0.25, -0.2) is 0 Å². The predicted octanol–water partition coefficient (Wildman–Crippen LogP) is 6.58. The first-order chi connectivity index (χ1) is 12.9. The smallest absolute Gasteiger partial charge is 0.129 e. The number of benzene rings is 4. The molecule has 0 N–H and O–H groups in total. The molecule has 5 rings (SSSR count). The summed E-state index contributed by atoms with van der Waals surface area (Å²) in [4.78, 5) is 0. The SMILES string of the molecule is c1ccc(Oc2cccc(-n3c4ccccc4c4ccccc43)c2)cc1. The van der Waals surface area contributed by atoms with Gasteiger partial charge in [0.25, 0.3) is 0 Å². The van der Waals surface area contributed by atoms with Crippen molar-refractivity contribution in [3.63, 3.8) is 0 Å². The fourth-order valence-electron chi connectivity index (χ4n) is 3.51. The molecule has 0 atom stereocenters. The molecular weight excluding hydrogens is 318 g/mol. The Hall–Kier alpha value is -3.52. The van der Waals surface area contributed by atoms with Crippen LogP contribution in [0.25, 0.3) is 27.5 Å². The maximum absolute atomic E-state index is 6.03. The minimum absolute atomic E-state index is 0.829. The van der Waals surface area contributed by atoms with E-state index in [-0.39, 0.29) is 0 Å². The lowest BCUT2D eigenvalue weighted by Crippen LogP contribution is -1.94. The van der Waals surface area contributed by atoms with Gasteiger partial charge in [-0.1, -0.05) is 60.7 Å². The number of aromatic nitrogens is 1. The highest BCUT2D eigenvalue weighted by Crippen LogP contribution is 2.33. The third kappa shape index (κ3) is 2.44. The van der Waals surface area contributed by atoms with Crippen molar-refractivity contribution in [1.82, 2.24) is 4.57 Å². The van der Waals surface area contributed by atoms with Gasteiger partial charge in [-0.2, -0.15) is 0 Å². The molecule has 0 unspecified atom stereocenters. The number of hydrogen-bond acceptors (Lipinski definition) is 1. The fourth-order valence-corrected chi connectivity index (χ4v) is 3.51. The summed E-state index contributed by atoms with van der Waals surface area (Å²) in [5, 5.41) is 2.52. The number of nitrogens with zero attached hydrogens (tertiary/aromatic N) is 1. The largest absolute Gasteiger partial charge is 0.457 e. The Labute approximate surface area is 151 Å². The molecule has 26 heavy (non-hydrogen) atoms. The molecule has 0 aliphatic heterocycles. The molecule has 0 radical (unpaired) electrons. The third-order valence-corrected chi connectivity index (χ3v) is 4.63. The topological polar surface area (TPSA) is 14.2 Å². The van der Waals surface area contributed by atoms with Gasteiger partial charge < -0.3 is 9.30 Å². The highest BCUT2D eigenvalue weighted by molar-refractivity contribution is 6.09. The normalized spacial score (nSPS) is 11.1. The first-order valence-electron chi connectivity index (χ1n) is 8.72. The van der Waals surface area contributed by atoms with Gasteiger partial charge in [-0.05, 0) is 36.4 Å². The van der Waals surface area contributed by atoms with Gasteiger partial charge >= 0.3 is 0 Å². The lowest BCUT2D eigenvalue weighted by molar-refractivity contribution is 0.482. The summed E-state index contributed by atoms with van der Waals surface area (Å²) in [6, 6.07) is 35.2. The zero-order valence-corrected chi connectivity index (χ0v) is 14.2. The molecule has 0 bridgehead atoms. The van der Waals surface area contributed by atoms with Crippen molar-refractivity contribution in [2.45, 2.75) is 0 Å². The molecular formula is C24H17NO. The van der Waals surface area contributed by atoms with Gasteiger partial charge in [-0.3, -0.25) is 0 Å². The van der Waals surface area contributed by atoms with Crippen LogP contribution in [0, 0.1) is 0 Å². The molecule has 124 valence electrons. The second-order valence-corrected chi connectivity index (χ2v) is 6.28. The van der Waals surface area contributed by atoms with Crippen molar-refractivity contribution in [3.8, 4) is 17.2 Å². The van der Waals surface area contributed by atoms with Crippen LogP contribution in [0.2, 0.25) is 0 Å². The van der Waals surface area contributed by atoms with E-state index in [4.69, 9.17) is 4.74 Å². The Morgan fingerprint density at radius 3 is 1.77 bits per heavy atom. The number of para-hydroxylation sites is 3. The molecule has 0 aliphatic carbocycles. The van der Waals surface area contributed by atoms with E-state index in [0.717, 1.165) is 17.2 Å². The van der Waals surface area contributed by atoms with Gasteiger partial charge in [-0.15, -0.1) is 0 Å². The van der Waals surface area contributed by atoms with E-state index in [2.05, 4.69) is 65.2 Å². The van der Waals surface area contributed by atoms with Crippen LogP contribution in [0.3, 0.4) is 0 Å². The molecule has 5 aromatic rings. The maximum Gasteiger partial charge on any atom is 0.129 e. The second kappa shape index (κ2) is 6.08. The summed E-state index contributed by atoms with van der Waals surface area (Å²) >= 11 is 0. The first kappa shape index (κ1) is 14.8. The van der Waals surface area contributed by atoms with Crippen LogP contribution < -0.4 is 4.74 Å². The first-order valence-corrected chi connectivity index (χ1v) is 8.72.